The average molecular weight is 264 g/mol. The topological polar surface area (TPSA) is 43.4 Å². The van der Waals surface area contributed by atoms with Gasteiger partial charge in [-0.3, -0.25) is 9.00 Å². The summed E-state index contributed by atoms with van der Waals surface area (Å²) in [5, 5.41) is -0.460. The lowest BCUT2D eigenvalue weighted by molar-refractivity contribution is -0.141. The van der Waals surface area contributed by atoms with Crippen molar-refractivity contribution >= 4 is 16.8 Å². The molecular weight excluding hydrogens is 248 g/mol. The molecule has 1 saturated carbocycles. The summed E-state index contributed by atoms with van der Waals surface area (Å²) in [5.74, 6) is -0.124. The van der Waals surface area contributed by atoms with Gasteiger partial charge in [0, 0.05) is 10.8 Å². The molecule has 1 aromatic rings. The van der Waals surface area contributed by atoms with Crippen LogP contribution in [0.4, 0.5) is 0 Å². The molecule has 0 N–H and O–H groups in total. The van der Waals surface area contributed by atoms with Crippen LogP contribution in [0, 0.1) is 5.92 Å². The van der Waals surface area contributed by atoms with E-state index in [4.69, 9.17) is 4.74 Å². The molecule has 0 radical (unpaired) electrons. The Balaban J connectivity index is 1.87. The standard InChI is InChI=1S/C14H16O3S/c15-14-13(11-8-4-5-9-12(11)17-14)18(16)10-6-2-1-3-7-10/h1-3,6-7,11-13H,4-5,8-9H2. The van der Waals surface area contributed by atoms with Gasteiger partial charge < -0.3 is 4.74 Å². The van der Waals surface area contributed by atoms with Crippen LogP contribution < -0.4 is 0 Å². The minimum Gasteiger partial charge on any atom is -0.461 e. The molecule has 0 amide bonds. The lowest BCUT2D eigenvalue weighted by Crippen LogP contribution is -2.31. The number of rotatable bonds is 2. The van der Waals surface area contributed by atoms with Gasteiger partial charge in [-0.05, 0) is 31.4 Å². The summed E-state index contributed by atoms with van der Waals surface area (Å²) in [4.78, 5) is 12.7. The Bertz CT molecular complexity index is 471. The van der Waals surface area contributed by atoms with Gasteiger partial charge in [0.1, 0.15) is 11.4 Å². The first kappa shape index (κ1) is 11.9. The number of benzene rings is 1. The van der Waals surface area contributed by atoms with E-state index in [1.165, 1.54) is 0 Å². The maximum absolute atomic E-state index is 12.5. The third kappa shape index (κ3) is 1.99. The van der Waals surface area contributed by atoms with Crippen molar-refractivity contribution in [1.29, 1.82) is 0 Å². The van der Waals surface area contributed by atoms with Gasteiger partial charge in [0.15, 0.2) is 0 Å². The predicted octanol–water partition coefficient (Wildman–Crippen LogP) is 2.28. The van der Waals surface area contributed by atoms with Crippen LogP contribution >= 0.6 is 0 Å². The fourth-order valence-electron chi connectivity index (χ4n) is 2.96. The number of hydrogen-bond acceptors (Lipinski definition) is 3. The minimum absolute atomic E-state index is 0.00362. The van der Waals surface area contributed by atoms with E-state index in [-0.39, 0.29) is 18.0 Å². The highest BCUT2D eigenvalue weighted by Gasteiger charge is 2.48. The van der Waals surface area contributed by atoms with E-state index in [2.05, 4.69) is 0 Å². The van der Waals surface area contributed by atoms with E-state index < -0.39 is 16.0 Å². The largest absolute Gasteiger partial charge is 0.461 e. The minimum atomic E-state index is -1.28. The molecule has 4 heteroatoms. The maximum atomic E-state index is 12.5. The monoisotopic (exact) mass is 264 g/mol. The van der Waals surface area contributed by atoms with Gasteiger partial charge in [0.25, 0.3) is 0 Å². The lowest BCUT2D eigenvalue weighted by Gasteiger charge is -2.24. The number of carbonyl (C=O) groups is 1. The first-order valence-corrected chi connectivity index (χ1v) is 7.65. The molecule has 3 nitrogen and oxygen atoms in total. The maximum Gasteiger partial charge on any atom is 0.322 e. The zero-order chi connectivity index (χ0) is 12.5. The molecule has 0 spiro atoms. The molecule has 96 valence electrons. The fraction of sp³-hybridized carbons (Fsp3) is 0.500. The van der Waals surface area contributed by atoms with Gasteiger partial charge >= 0.3 is 5.97 Å². The van der Waals surface area contributed by atoms with E-state index in [0.717, 1.165) is 30.6 Å². The van der Waals surface area contributed by atoms with E-state index in [1.54, 1.807) is 0 Å². The third-order valence-corrected chi connectivity index (χ3v) is 5.59. The number of fused-ring (bicyclic) bond motifs is 1. The van der Waals surface area contributed by atoms with Crippen molar-refractivity contribution in [2.45, 2.75) is 41.9 Å². The van der Waals surface area contributed by atoms with Crippen molar-refractivity contribution in [3.8, 4) is 0 Å². The molecule has 1 aromatic carbocycles. The Kier molecular flexibility index (Phi) is 3.20. The molecule has 18 heavy (non-hydrogen) atoms. The summed E-state index contributed by atoms with van der Waals surface area (Å²) in [6.07, 6.45) is 4.11. The normalized spacial score (nSPS) is 32.7. The molecule has 4 atom stereocenters. The van der Waals surface area contributed by atoms with Crippen LogP contribution in [0.5, 0.6) is 0 Å². The van der Waals surface area contributed by atoms with Crippen molar-refractivity contribution in [2.75, 3.05) is 0 Å². The summed E-state index contributed by atoms with van der Waals surface area (Å²) < 4.78 is 17.9. The van der Waals surface area contributed by atoms with Crippen molar-refractivity contribution in [3.05, 3.63) is 30.3 Å². The SMILES string of the molecule is O=C1OC2CCCCC2C1S(=O)c1ccccc1. The lowest BCUT2D eigenvalue weighted by atomic mass is 9.86. The molecule has 4 unspecified atom stereocenters. The van der Waals surface area contributed by atoms with Gasteiger partial charge in [-0.2, -0.15) is 0 Å². The van der Waals surface area contributed by atoms with Gasteiger partial charge in [-0.25, -0.2) is 0 Å². The Morgan fingerprint density at radius 2 is 1.83 bits per heavy atom. The number of ether oxygens (including phenoxy) is 1. The molecule has 0 aromatic heterocycles. The van der Waals surface area contributed by atoms with Gasteiger partial charge in [-0.15, -0.1) is 0 Å². The van der Waals surface area contributed by atoms with Crippen LogP contribution in [0.25, 0.3) is 0 Å². The van der Waals surface area contributed by atoms with Crippen LogP contribution in [0.2, 0.25) is 0 Å². The highest BCUT2D eigenvalue weighted by molar-refractivity contribution is 7.86. The Morgan fingerprint density at radius 3 is 2.61 bits per heavy atom. The Labute approximate surface area is 109 Å². The molecular formula is C14H16O3S. The van der Waals surface area contributed by atoms with Crippen LogP contribution in [0.15, 0.2) is 35.2 Å². The number of hydrogen-bond donors (Lipinski definition) is 0. The van der Waals surface area contributed by atoms with Crippen molar-refractivity contribution < 1.29 is 13.7 Å². The van der Waals surface area contributed by atoms with Gasteiger partial charge in [0.05, 0.1) is 10.8 Å². The van der Waals surface area contributed by atoms with Crippen LogP contribution in [-0.2, 0) is 20.3 Å². The zero-order valence-electron chi connectivity index (χ0n) is 10.1. The summed E-state index contributed by atoms with van der Waals surface area (Å²) in [6, 6.07) is 9.23. The molecule has 2 aliphatic rings. The summed E-state index contributed by atoms with van der Waals surface area (Å²) in [7, 11) is -1.28. The molecule has 3 rings (SSSR count). The quantitative estimate of drug-likeness (QED) is 0.770. The fourth-order valence-corrected chi connectivity index (χ4v) is 4.53. The second-order valence-electron chi connectivity index (χ2n) is 4.95. The second kappa shape index (κ2) is 4.84. The predicted molar refractivity (Wildman–Crippen MR) is 68.5 cm³/mol. The van der Waals surface area contributed by atoms with Crippen LogP contribution in [-0.4, -0.2) is 21.5 Å². The summed E-state index contributed by atoms with van der Waals surface area (Å²) >= 11 is 0. The Morgan fingerprint density at radius 1 is 1.11 bits per heavy atom. The first-order chi connectivity index (χ1) is 8.77. The highest BCUT2D eigenvalue weighted by Crippen LogP contribution is 2.38. The molecule has 1 aliphatic heterocycles. The summed E-state index contributed by atoms with van der Waals surface area (Å²) in [6.45, 7) is 0. The van der Waals surface area contributed by atoms with Crippen molar-refractivity contribution in [2.24, 2.45) is 5.92 Å². The van der Waals surface area contributed by atoms with Gasteiger partial charge in [0.2, 0.25) is 0 Å². The highest BCUT2D eigenvalue weighted by atomic mass is 32.2. The number of esters is 1. The van der Waals surface area contributed by atoms with E-state index in [9.17, 15) is 9.00 Å². The molecule has 0 bridgehead atoms. The van der Waals surface area contributed by atoms with Gasteiger partial charge in [-0.1, -0.05) is 24.6 Å². The molecule has 2 fully saturated rings. The van der Waals surface area contributed by atoms with E-state index in [0.29, 0.717) is 0 Å². The van der Waals surface area contributed by atoms with E-state index >= 15 is 0 Å². The van der Waals surface area contributed by atoms with Crippen LogP contribution in [0.3, 0.4) is 0 Å². The first-order valence-electron chi connectivity index (χ1n) is 6.43. The Hall–Kier alpha value is -1.16. The molecule has 1 heterocycles. The zero-order valence-corrected chi connectivity index (χ0v) is 10.9. The van der Waals surface area contributed by atoms with E-state index in [1.807, 2.05) is 30.3 Å². The summed E-state index contributed by atoms with van der Waals surface area (Å²) in [5.41, 5.74) is 0. The smallest absolute Gasteiger partial charge is 0.322 e. The molecule has 1 saturated heterocycles. The van der Waals surface area contributed by atoms with Crippen molar-refractivity contribution in [3.63, 3.8) is 0 Å². The average Bonchev–Trinajstić information content (AvgIpc) is 2.75. The van der Waals surface area contributed by atoms with Crippen molar-refractivity contribution in [1.82, 2.24) is 0 Å². The third-order valence-electron chi connectivity index (χ3n) is 3.85. The number of carbonyl (C=O) groups excluding carboxylic acids is 1. The second-order valence-corrected chi connectivity index (χ2v) is 6.53. The van der Waals surface area contributed by atoms with Crippen LogP contribution in [0.1, 0.15) is 25.7 Å². The molecule has 1 aliphatic carbocycles.